The normalized spacial score (nSPS) is 12.1. The first-order valence-electron chi connectivity index (χ1n) is 3.68. The zero-order chi connectivity index (χ0) is 10.3. The zero-order valence-electron chi connectivity index (χ0n) is 7.36. The smallest absolute Gasteiger partial charge is 0.337 e. The number of allylic oxidation sites excluding steroid dienone is 1. The molecule has 0 rings (SSSR count). The van der Waals surface area contributed by atoms with Gasteiger partial charge >= 0.3 is 5.97 Å². The fourth-order valence-corrected chi connectivity index (χ4v) is 0.495. The molecule has 0 spiro atoms. The van der Waals surface area contributed by atoms with E-state index in [1.807, 2.05) is 0 Å². The molecule has 13 heavy (non-hydrogen) atoms. The Hall–Kier alpha value is -1.60. The van der Waals surface area contributed by atoms with Gasteiger partial charge < -0.3 is 9.84 Å². The average Bonchev–Trinajstić information content (AvgIpc) is 2.10. The number of rotatable bonds is 4. The maximum Gasteiger partial charge on any atom is 0.337 e. The van der Waals surface area contributed by atoms with Gasteiger partial charge in [0.05, 0.1) is 17.7 Å². The van der Waals surface area contributed by atoms with E-state index in [9.17, 15) is 4.79 Å². The predicted octanol–water partition coefficient (Wildman–Crippen LogP) is 0.546. The number of ether oxygens (including phenoxy) is 1. The van der Waals surface area contributed by atoms with Crippen molar-refractivity contribution < 1.29 is 14.6 Å². The van der Waals surface area contributed by atoms with E-state index in [2.05, 4.69) is 11.3 Å². The third-order valence-corrected chi connectivity index (χ3v) is 1.08. The average molecular weight is 181 g/mol. The highest BCUT2D eigenvalue weighted by Gasteiger charge is 2.06. The standard InChI is InChI=1S/C9H11NO3/c1-7(4-3-5-10)9(12)13-6-8(2)11/h3-4,8,11H,1,6H2,2H3. The maximum absolute atomic E-state index is 11.0. The molecule has 0 amide bonds. The number of hydrogen-bond acceptors (Lipinski definition) is 4. The SMILES string of the molecule is C=C(C=CC#N)C(=O)OCC(C)O. The van der Waals surface area contributed by atoms with Crippen LogP contribution in [0.2, 0.25) is 0 Å². The Balaban J connectivity index is 3.92. The van der Waals surface area contributed by atoms with Crippen molar-refractivity contribution in [2.75, 3.05) is 6.61 Å². The van der Waals surface area contributed by atoms with Crippen LogP contribution in [-0.4, -0.2) is 23.8 Å². The lowest BCUT2D eigenvalue weighted by atomic mass is 10.3. The molecule has 0 saturated heterocycles. The second-order valence-corrected chi connectivity index (χ2v) is 2.44. The number of nitriles is 1. The Kier molecular flexibility index (Phi) is 5.24. The number of nitrogens with zero attached hydrogens (tertiary/aromatic N) is 1. The summed E-state index contributed by atoms with van der Waals surface area (Å²) >= 11 is 0. The fourth-order valence-electron chi connectivity index (χ4n) is 0.495. The predicted molar refractivity (Wildman–Crippen MR) is 46.5 cm³/mol. The van der Waals surface area contributed by atoms with Crippen LogP contribution in [0.4, 0.5) is 0 Å². The van der Waals surface area contributed by atoms with Crippen molar-refractivity contribution in [1.29, 1.82) is 5.26 Å². The summed E-state index contributed by atoms with van der Waals surface area (Å²) in [6.45, 7) is 4.81. The van der Waals surface area contributed by atoms with Gasteiger partial charge in [-0.25, -0.2) is 4.79 Å². The molecule has 0 fully saturated rings. The molecule has 1 N–H and O–H groups in total. The number of esters is 1. The van der Waals surface area contributed by atoms with E-state index in [1.54, 1.807) is 6.07 Å². The number of hydrogen-bond donors (Lipinski definition) is 1. The van der Waals surface area contributed by atoms with E-state index < -0.39 is 12.1 Å². The van der Waals surface area contributed by atoms with Crippen LogP contribution in [0.1, 0.15) is 6.92 Å². The number of carbonyl (C=O) groups is 1. The van der Waals surface area contributed by atoms with Gasteiger partial charge in [-0.1, -0.05) is 6.58 Å². The summed E-state index contributed by atoms with van der Waals surface area (Å²) in [5.74, 6) is -0.632. The topological polar surface area (TPSA) is 70.3 Å². The van der Waals surface area contributed by atoms with Crippen molar-refractivity contribution in [3.8, 4) is 6.07 Å². The molecular weight excluding hydrogens is 170 g/mol. The van der Waals surface area contributed by atoms with Gasteiger partial charge in [0.1, 0.15) is 6.61 Å². The summed E-state index contributed by atoms with van der Waals surface area (Å²) in [5.41, 5.74) is 0.0854. The van der Waals surface area contributed by atoms with E-state index in [1.165, 1.54) is 13.0 Å². The first kappa shape index (κ1) is 11.4. The minimum atomic E-state index is -0.698. The molecule has 0 radical (unpaired) electrons. The fraction of sp³-hybridized carbons (Fsp3) is 0.333. The Bertz CT molecular complexity index is 261. The summed E-state index contributed by atoms with van der Waals surface area (Å²) < 4.78 is 4.61. The Morgan fingerprint density at radius 2 is 2.46 bits per heavy atom. The van der Waals surface area contributed by atoms with Gasteiger partial charge in [0.2, 0.25) is 0 Å². The molecule has 0 saturated carbocycles. The first-order chi connectivity index (χ1) is 6.07. The third-order valence-electron chi connectivity index (χ3n) is 1.08. The lowest BCUT2D eigenvalue weighted by Crippen LogP contribution is -2.15. The van der Waals surface area contributed by atoms with Crippen molar-refractivity contribution >= 4 is 5.97 Å². The van der Waals surface area contributed by atoms with Gasteiger partial charge in [-0.2, -0.15) is 5.26 Å². The van der Waals surface area contributed by atoms with E-state index in [0.29, 0.717) is 0 Å². The highest BCUT2D eigenvalue weighted by molar-refractivity contribution is 5.90. The van der Waals surface area contributed by atoms with Gasteiger partial charge in [-0.3, -0.25) is 0 Å². The monoisotopic (exact) mass is 181 g/mol. The van der Waals surface area contributed by atoms with Gasteiger partial charge in [0.15, 0.2) is 0 Å². The van der Waals surface area contributed by atoms with Crippen molar-refractivity contribution in [3.63, 3.8) is 0 Å². The summed E-state index contributed by atoms with van der Waals surface area (Å²) in [6.07, 6.45) is 1.69. The first-order valence-corrected chi connectivity index (χ1v) is 3.68. The molecule has 1 atom stereocenters. The number of aliphatic hydroxyl groups is 1. The minimum Gasteiger partial charge on any atom is -0.459 e. The Labute approximate surface area is 76.7 Å². The molecular formula is C9H11NO3. The van der Waals surface area contributed by atoms with Crippen LogP contribution in [0.15, 0.2) is 24.3 Å². The van der Waals surface area contributed by atoms with Gasteiger partial charge in [0, 0.05) is 6.08 Å². The van der Waals surface area contributed by atoms with Gasteiger partial charge in [-0.05, 0) is 13.0 Å². The highest BCUT2D eigenvalue weighted by atomic mass is 16.5. The van der Waals surface area contributed by atoms with Crippen molar-refractivity contribution in [2.24, 2.45) is 0 Å². The molecule has 1 unspecified atom stereocenters. The van der Waals surface area contributed by atoms with Crippen molar-refractivity contribution in [2.45, 2.75) is 13.0 Å². The molecule has 0 aliphatic carbocycles. The molecule has 0 aromatic heterocycles. The van der Waals surface area contributed by atoms with Crippen LogP contribution >= 0.6 is 0 Å². The van der Waals surface area contributed by atoms with E-state index in [-0.39, 0.29) is 12.2 Å². The number of carbonyl (C=O) groups excluding carboxylic acids is 1. The van der Waals surface area contributed by atoms with Gasteiger partial charge in [0.25, 0.3) is 0 Å². The lowest BCUT2D eigenvalue weighted by Gasteiger charge is -2.05. The summed E-state index contributed by atoms with van der Waals surface area (Å²) in [4.78, 5) is 11.0. The van der Waals surface area contributed by atoms with Crippen LogP contribution in [0, 0.1) is 11.3 Å². The van der Waals surface area contributed by atoms with E-state index >= 15 is 0 Å². The minimum absolute atomic E-state index is 0.0712. The molecule has 4 heteroatoms. The zero-order valence-corrected chi connectivity index (χ0v) is 7.36. The third kappa shape index (κ3) is 5.65. The highest BCUT2D eigenvalue weighted by Crippen LogP contribution is 1.97. The molecule has 0 aliphatic rings. The van der Waals surface area contributed by atoms with Crippen LogP contribution in [0.5, 0.6) is 0 Å². The second-order valence-electron chi connectivity index (χ2n) is 2.44. The van der Waals surface area contributed by atoms with Crippen LogP contribution in [0.3, 0.4) is 0 Å². The van der Waals surface area contributed by atoms with E-state index in [0.717, 1.165) is 6.08 Å². The quantitative estimate of drug-likeness (QED) is 0.297. The number of aliphatic hydroxyl groups excluding tert-OH is 1. The summed E-state index contributed by atoms with van der Waals surface area (Å²) in [7, 11) is 0. The molecule has 4 nitrogen and oxygen atoms in total. The largest absolute Gasteiger partial charge is 0.459 e. The molecule has 0 bridgehead atoms. The van der Waals surface area contributed by atoms with Crippen LogP contribution in [-0.2, 0) is 9.53 Å². The molecule has 0 aromatic carbocycles. The molecule has 0 aliphatic heterocycles. The Morgan fingerprint density at radius 1 is 1.85 bits per heavy atom. The van der Waals surface area contributed by atoms with Crippen molar-refractivity contribution in [1.82, 2.24) is 0 Å². The maximum atomic E-state index is 11.0. The van der Waals surface area contributed by atoms with Crippen LogP contribution < -0.4 is 0 Å². The summed E-state index contributed by atoms with van der Waals surface area (Å²) in [6, 6.07) is 1.72. The Morgan fingerprint density at radius 3 is 2.92 bits per heavy atom. The second kappa shape index (κ2) is 5.98. The van der Waals surface area contributed by atoms with Gasteiger partial charge in [-0.15, -0.1) is 0 Å². The van der Waals surface area contributed by atoms with Crippen LogP contribution in [0.25, 0.3) is 0 Å². The van der Waals surface area contributed by atoms with Crippen molar-refractivity contribution in [3.05, 3.63) is 24.3 Å². The molecule has 0 aromatic rings. The summed E-state index contributed by atoms with van der Waals surface area (Å²) in [5, 5.41) is 16.9. The molecule has 70 valence electrons. The molecule has 0 heterocycles. The van der Waals surface area contributed by atoms with E-state index in [4.69, 9.17) is 10.4 Å². The lowest BCUT2D eigenvalue weighted by molar-refractivity contribution is -0.141.